The summed E-state index contributed by atoms with van der Waals surface area (Å²) in [6.45, 7) is 7.39. The van der Waals surface area contributed by atoms with Crippen molar-refractivity contribution in [1.82, 2.24) is 15.3 Å². The van der Waals surface area contributed by atoms with Gasteiger partial charge >= 0.3 is 0 Å². The fourth-order valence-electron chi connectivity index (χ4n) is 3.41. The van der Waals surface area contributed by atoms with Crippen LogP contribution < -0.4 is 21.7 Å². The lowest BCUT2D eigenvalue weighted by Crippen LogP contribution is -2.79. The molecular formula is C23H36N7O+. The first-order valence-electron chi connectivity index (χ1n) is 10.4. The Morgan fingerprint density at radius 1 is 1.29 bits per heavy atom. The van der Waals surface area contributed by atoms with Crippen LogP contribution in [0.5, 0.6) is 0 Å². The maximum atomic E-state index is 7.87. The van der Waals surface area contributed by atoms with Crippen molar-refractivity contribution >= 4 is 23.1 Å². The molecule has 0 radical (unpaired) electrons. The Morgan fingerprint density at radius 2 is 2.03 bits per heavy atom. The van der Waals surface area contributed by atoms with Crippen molar-refractivity contribution in [2.75, 3.05) is 39.7 Å². The second-order valence-corrected chi connectivity index (χ2v) is 8.50. The van der Waals surface area contributed by atoms with Gasteiger partial charge in [0.1, 0.15) is 5.82 Å². The van der Waals surface area contributed by atoms with Gasteiger partial charge in [0.25, 0.3) is 0 Å². The summed E-state index contributed by atoms with van der Waals surface area (Å²) in [5, 5.41) is 16.4. The van der Waals surface area contributed by atoms with E-state index < -0.39 is 5.41 Å². The molecule has 0 aliphatic carbocycles. The summed E-state index contributed by atoms with van der Waals surface area (Å²) >= 11 is 0. The highest BCUT2D eigenvalue weighted by molar-refractivity contribution is 5.79. The summed E-state index contributed by atoms with van der Waals surface area (Å²) in [7, 11) is 5.53. The van der Waals surface area contributed by atoms with Crippen LogP contribution in [0, 0.1) is 10.8 Å². The molecule has 0 aliphatic heterocycles. The first-order chi connectivity index (χ1) is 14.7. The molecule has 0 amide bonds. The molecule has 0 spiro atoms. The molecule has 168 valence electrons. The molecule has 0 saturated heterocycles. The third kappa shape index (κ3) is 5.88. The van der Waals surface area contributed by atoms with E-state index in [9.17, 15) is 0 Å². The van der Waals surface area contributed by atoms with E-state index in [1.54, 1.807) is 13.3 Å². The second-order valence-electron chi connectivity index (χ2n) is 8.50. The van der Waals surface area contributed by atoms with Gasteiger partial charge in [-0.25, -0.2) is 4.98 Å². The lowest BCUT2D eigenvalue weighted by atomic mass is 9.84. The van der Waals surface area contributed by atoms with E-state index in [-0.39, 0.29) is 5.41 Å². The Morgan fingerprint density at radius 3 is 2.61 bits per heavy atom. The minimum atomic E-state index is -0.447. The van der Waals surface area contributed by atoms with Gasteiger partial charge in [0.05, 0.1) is 24.7 Å². The van der Waals surface area contributed by atoms with Crippen LogP contribution >= 0.6 is 0 Å². The van der Waals surface area contributed by atoms with Gasteiger partial charge in [-0.05, 0) is 49.5 Å². The molecule has 1 unspecified atom stereocenters. The van der Waals surface area contributed by atoms with Gasteiger partial charge in [0, 0.05) is 43.0 Å². The number of allylic oxidation sites excluding steroid dienone is 1. The van der Waals surface area contributed by atoms with Crippen LogP contribution in [0.1, 0.15) is 26.3 Å². The van der Waals surface area contributed by atoms with Crippen molar-refractivity contribution in [3.8, 4) is 0 Å². The van der Waals surface area contributed by atoms with Crippen molar-refractivity contribution in [2.45, 2.75) is 26.2 Å². The van der Waals surface area contributed by atoms with Crippen molar-refractivity contribution in [3.63, 3.8) is 0 Å². The number of aromatic nitrogens is 2. The lowest BCUT2D eigenvalue weighted by Gasteiger charge is -2.25. The average Bonchev–Trinajstić information content (AvgIpc) is 2.75. The fraction of sp³-hybridized carbons (Fsp3) is 0.435. The SMILES string of the molecule is CNCC(C)(C=N)c1cnc2ccc(NC(=CC(=CN)C(C)(C)COC)[NH2+]C)nc2c1. The molecule has 2 aromatic rings. The third-order valence-corrected chi connectivity index (χ3v) is 5.42. The summed E-state index contributed by atoms with van der Waals surface area (Å²) in [5.74, 6) is 1.60. The van der Waals surface area contributed by atoms with Crippen LogP contribution in [0.2, 0.25) is 0 Å². The van der Waals surface area contributed by atoms with Gasteiger partial charge in [0.2, 0.25) is 5.82 Å². The number of fused-ring (bicyclic) bond motifs is 1. The Hall–Kier alpha value is -2.81. The number of rotatable bonds is 11. The number of nitrogens with zero attached hydrogens (tertiary/aromatic N) is 2. The molecule has 2 heterocycles. The van der Waals surface area contributed by atoms with Crippen LogP contribution in [0.4, 0.5) is 5.82 Å². The van der Waals surface area contributed by atoms with Gasteiger partial charge < -0.3 is 26.5 Å². The summed E-state index contributed by atoms with van der Waals surface area (Å²) in [4.78, 5) is 9.31. The van der Waals surface area contributed by atoms with Crippen molar-refractivity contribution in [2.24, 2.45) is 11.1 Å². The van der Waals surface area contributed by atoms with Crippen LogP contribution in [0.15, 0.2) is 48.1 Å². The van der Waals surface area contributed by atoms with Crippen LogP contribution in [0.3, 0.4) is 0 Å². The van der Waals surface area contributed by atoms with E-state index in [1.807, 2.05) is 56.8 Å². The predicted molar refractivity (Wildman–Crippen MR) is 127 cm³/mol. The highest BCUT2D eigenvalue weighted by Gasteiger charge is 2.25. The minimum Gasteiger partial charge on any atom is -0.404 e. The van der Waals surface area contributed by atoms with Crippen LogP contribution in [-0.2, 0) is 10.2 Å². The molecule has 0 bridgehead atoms. The number of nitrogens with one attached hydrogen (secondary N) is 3. The smallest absolute Gasteiger partial charge is 0.203 e. The maximum absolute atomic E-state index is 7.87. The standard InChI is InChI=1S/C23H35N7O/c1-22(2,15-31-6)16(11-24)10-21(27-5)30-20-8-7-18-19(29-20)9-17(12-28-18)23(3,13-25)14-26-4/h7-13,25-27H,14-15,24H2,1-6H3,(H,29,30)/p+1. The quantitative estimate of drug-likeness (QED) is 0.275. The molecule has 8 heteroatoms. The molecule has 31 heavy (non-hydrogen) atoms. The normalized spacial score (nSPS) is 15.0. The zero-order valence-electron chi connectivity index (χ0n) is 19.4. The molecular weight excluding hydrogens is 390 g/mol. The Kier molecular flexibility index (Phi) is 8.27. The number of ether oxygens (including phenoxy) is 1. The fourth-order valence-corrected chi connectivity index (χ4v) is 3.41. The van der Waals surface area contributed by atoms with E-state index in [1.165, 1.54) is 6.21 Å². The number of nitrogens with two attached hydrogens (primary N) is 2. The van der Waals surface area contributed by atoms with Crippen molar-refractivity contribution in [1.29, 1.82) is 5.41 Å². The summed E-state index contributed by atoms with van der Waals surface area (Å²) in [6, 6.07) is 5.85. The first-order valence-corrected chi connectivity index (χ1v) is 10.4. The minimum absolute atomic E-state index is 0.223. The maximum Gasteiger partial charge on any atom is 0.203 e. The Labute approximate surface area is 184 Å². The van der Waals surface area contributed by atoms with Gasteiger partial charge in [-0.15, -0.1) is 0 Å². The Bertz CT molecular complexity index is 968. The highest BCUT2D eigenvalue weighted by atomic mass is 16.5. The van der Waals surface area contributed by atoms with E-state index in [4.69, 9.17) is 20.9 Å². The van der Waals surface area contributed by atoms with Crippen LogP contribution in [-0.4, -0.2) is 50.5 Å². The number of quaternary nitrogens is 1. The molecule has 0 fully saturated rings. The van der Waals surface area contributed by atoms with E-state index in [0.717, 1.165) is 28.0 Å². The topological polar surface area (TPSA) is 126 Å². The van der Waals surface area contributed by atoms with E-state index in [2.05, 4.69) is 29.5 Å². The number of anilines is 1. The molecule has 0 aliphatic rings. The van der Waals surface area contributed by atoms with Crippen molar-refractivity contribution in [3.05, 3.63) is 53.6 Å². The Balaban J connectivity index is 2.38. The van der Waals surface area contributed by atoms with Crippen molar-refractivity contribution < 1.29 is 10.1 Å². The number of hydrogen-bond acceptors (Lipinski definition) is 7. The summed E-state index contributed by atoms with van der Waals surface area (Å²) in [6.07, 6.45) is 6.90. The number of methoxy groups -OCH3 is 1. The van der Waals surface area contributed by atoms with E-state index >= 15 is 0 Å². The van der Waals surface area contributed by atoms with Gasteiger partial charge in [-0.1, -0.05) is 13.8 Å². The van der Waals surface area contributed by atoms with Gasteiger partial charge in [0.15, 0.2) is 0 Å². The third-order valence-electron chi connectivity index (χ3n) is 5.42. The predicted octanol–water partition coefficient (Wildman–Crippen LogP) is 1.72. The largest absolute Gasteiger partial charge is 0.404 e. The average molecular weight is 427 g/mol. The second kappa shape index (κ2) is 10.5. The number of pyridine rings is 2. The monoisotopic (exact) mass is 426 g/mol. The highest BCUT2D eigenvalue weighted by Crippen LogP contribution is 2.28. The molecule has 8 nitrogen and oxygen atoms in total. The molecule has 0 saturated carbocycles. The molecule has 1 atom stereocenters. The number of likely N-dealkylation sites (N-methyl/N-ethyl adjacent to an activating group) is 1. The zero-order valence-corrected chi connectivity index (χ0v) is 19.4. The van der Waals surface area contributed by atoms with Gasteiger partial charge in [-0.3, -0.25) is 10.3 Å². The lowest BCUT2D eigenvalue weighted by molar-refractivity contribution is -0.574. The molecule has 7 N–H and O–H groups in total. The number of hydrogen-bond donors (Lipinski definition) is 5. The van der Waals surface area contributed by atoms with E-state index in [0.29, 0.717) is 19.0 Å². The van der Waals surface area contributed by atoms with Crippen LogP contribution in [0.25, 0.3) is 11.0 Å². The summed E-state index contributed by atoms with van der Waals surface area (Å²) < 4.78 is 5.34. The molecule has 2 rings (SSSR count). The molecule has 2 aromatic heterocycles. The summed E-state index contributed by atoms with van der Waals surface area (Å²) in [5.41, 5.74) is 8.73. The zero-order chi connectivity index (χ0) is 23.1. The van der Waals surface area contributed by atoms with Gasteiger partial charge in [-0.2, -0.15) is 0 Å². The molecule has 0 aromatic carbocycles. The first kappa shape index (κ1) is 24.5.